The Hall–Kier alpha value is -0.650. The molecule has 3 N–H and O–H groups in total. The molecule has 0 fully saturated rings. The molecule has 0 aliphatic carbocycles. The van der Waals surface area contributed by atoms with Crippen molar-refractivity contribution in [3.05, 3.63) is 0 Å². The number of ether oxygens (including phenoxy) is 1. The fourth-order valence-electron chi connectivity index (χ4n) is 5.12. The highest BCUT2D eigenvalue weighted by atomic mass is 16.6. The summed E-state index contributed by atoms with van der Waals surface area (Å²) < 4.78 is 4.67. The van der Waals surface area contributed by atoms with Gasteiger partial charge in [0.15, 0.2) is 0 Å². The molecule has 0 aliphatic heterocycles. The summed E-state index contributed by atoms with van der Waals surface area (Å²) in [6.45, 7) is 1.66. The van der Waals surface area contributed by atoms with Crippen LogP contribution in [-0.2, 0) is 9.53 Å². The van der Waals surface area contributed by atoms with Crippen LogP contribution in [0.1, 0.15) is 187 Å². The van der Waals surface area contributed by atoms with Crippen LogP contribution in [0.15, 0.2) is 0 Å². The third-order valence-electron chi connectivity index (χ3n) is 7.75. The molecule has 0 aliphatic rings. The molecule has 38 heavy (non-hydrogen) atoms. The zero-order chi connectivity index (χ0) is 27.9. The molecule has 0 aromatic heterocycles. The number of aliphatic hydroxyl groups excluding tert-OH is 3. The molecule has 0 aromatic carbocycles. The van der Waals surface area contributed by atoms with E-state index in [4.69, 9.17) is 5.11 Å². The van der Waals surface area contributed by atoms with Crippen molar-refractivity contribution in [2.75, 3.05) is 6.61 Å². The zero-order valence-electron chi connectivity index (χ0n) is 25.3. The predicted octanol–water partition coefficient (Wildman–Crippen LogP) is 9.14. The fourth-order valence-corrected chi connectivity index (χ4v) is 5.12. The summed E-state index contributed by atoms with van der Waals surface area (Å²) in [5.74, 6) is -0.524. The Balaban J connectivity index is 3.14. The maximum atomic E-state index is 11.5. The van der Waals surface area contributed by atoms with Gasteiger partial charge in [0.2, 0.25) is 6.29 Å². The molecule has 0 radical (unpaired) electrons. The molecule has 5 nitrogen and oxygen atoms in total. The van der Waals surface area contributed by atoms with Gasteiger partial charge in [-0.15, -0.1) is 0 Å². The van der Waals surface area contributed by atoms with E-state index in [0.29, 0.717) is 0 Å². The van der Waals surface area contributed by atoms with Crippen molar-refractivity contribution in [3.63, 3.8) is 0 Å². The number of esters is 1. The average Bonchev–Trinajstić information content (AvgIpc) is 2.92. The van der Waals surface area contributed by atoms with Crippen molar-refractivity contribution in [2.24, 2.45) is 0 Å². The summed E-state index contributed by atoms with van der Waals surface area (Å²) in [5.41, 5.74) is 0. The topological polar surface area (TPSA) is 87.0 Å². The predicted molar refractivity (Wildman–Crippen MR) is 160 cm³/mol. The minimum atomic E-state index is -1.64. The van der Waals surface area contributed by atoms with E-state index in [1.54, 1.807) is 0 Å². The lowest BCUT2D eigenvalue weighted by molar-refractivity contribution is -0.190. The van der Waals surface area contributed by atoms with Crippen molar-refractivity contribution >= 4 is 5.97 Å². The van der Waals surface area contributed by atoms with Gasteiger partial charge in [-0.3, -0.25) is 4.79 Å². The maximum absolute atomic E-state index is 11.5. The molecule has 0 aromatic rings. The van der Waals surface area contributed by atoms with Crippen LogP contribution < -0.4 is 0 Å². The van der Waals surface area contributed by atoms with E-state index in [1.807, 2.05) is 0 Å². The fraction of sp³-hybridized carbons (Fsp3) is 0.970. The first-order chi connectivity index (χ1) is 18.6. The van der Waals surface area contributed by atoms with Crippen LogP contribution in [0.4, 0.5) is 0 Å². The summed E-state index contributed by atoms with van der Waals surface area (Å²) in [6.07, 6.45) is 33.8. The highest BCUT2D eigenvalue weighted by Crippen LogP contribution is 2.16. The average molecular weight is 543 g/mol. The molecule has 0 amide bonds. The highest BCUT2D eigenvalue weighted by molar-refractivity contribution is 5.69. The van der Waals surface area contributed by atoms with Crippen LogP contribution in [0.5, 0.6) is 0 Å². The van der Waals surface area contributed by atoms with Gasteiger partial charge in [-0.1, -0.05) is 174 Å². The second-order valence-corrected chi connectivity index (χ2v) is 11.6. The number of carbonyl (C=O) groups excluding carboxylic acids is 1. The van der Waals surface area contributed by atoms with Crippen LogP contribution >= 0.6 is 0 Å². The normalized spacial score (nSPS) is 13.1. The Labute approximate surface area is 236 Å². The van der Waals surface area contributed by atoms with Gasteiger partial charge in [0.25, 0.3) is 0 Å². The molecule has 2 unspecified atom stereocenters. The van der Waals surface area contributed by atoms with Crippen molar-refractivity contribution in [3.8, 4) is 0 Å². The second kappa shape index (κ2) is 30.9. The third-order valence-corrected chi connectivity index (χ3v) is 7.75. The standard InChI is InChI=1S/C33H66O5/c1-2-3-4-5-6-7-8-9-10-11-12-13-14-15-16-17-18-19-20-21-22-23-24-25-26-27-28-29-32(36)38-33(37)31(35)30-34/h31,33-35,37H,2-30H2,1H3. The first-order valence-electron chi connectivity index (χ1n) is 16.8. The molecule has 0 heterocycles. The summed E-state index contributed by atoms with van der Waals surface area (Å²) in [7, 11) is 0. The van der Waals surface area contributed by atoms with Gasteiger partial charge in [0.05, 0.1) is 6.61 Å². The molecule has 0 saturated heterocycles. The summed E-state index contributed by atoms with van der Waals surface area (Å²) >= 11 is 0. The van der Waals surface area contributed by atoms with Gasteiger partial charge < -0.3 is 20.1 Å². The van der Waals surface area contributed by atoms with E-state index >= 15 is 0 Å². The van der Waals surface area contributed by atoms with E-state index in [1.165, 1.54) is 154 Å². The number of hydrogen-bond donors (Lipinski definition) is 3. The first-order valence-corrected chi connectivity index (χ1v) is 16.8. The Morgan fingerprint density at radius 2 is 0.763 bits per heavy atom. The van der Waals surface area contributed by atoms with Crippen LogP contribution in [-0.4, -0.2) is 40.3 Å². The molecule has 0 saturated carbocycles. The Bertz CT molecular complexity index is 470. The lowest BCUT2D eigenvalue weighted by Crippen LogP contribution is -2.33. The minimum Gasteiger partial charge on any atom is -0.433 e. The Morgan fingerprint density at radius 1 is 0.500 bits per heavy atom. The minimum absolute atomic E-state index is 0.245. The summed E-state index contributed by atoms with van der Waals surface area (Å²) in [4.78, 5) is 11.5. The van der Waals surface area contributed by atoms with Gasteiger partial charge in [0, 0.05) is 6.42 Å². The quantitative estimate of drug-likeness (QED) is 0.0462. The smallest absolute Gasteiger partial charge is 0.308 e. The summed E-state index contributed by atoms with van der Waals surface area (Å²) in [6, 6.07) is 0. The number of carbonyl (C=O) groups is 1. The van der Waals surface area contributed by atoms with Crippen LogP contribution in [0.25, 0.3) is 0 Å². The van der Waals surface area contributed by atoms with E-state index in [-0.39, 0.29) is 6.42 Å². The van der Waals surface area contributed by atoms with Crippen LogP contribution in [0, 0.1) is 0 Å². The Kier molecular flexibility index (Phi) is 30.4. The lowest BCUT2D eigenvalue weighted by Gasteiger charge is -2.15. The Morgan fingerprint density at radius 3 is 1.03 bits per heavy atom. The van der Waals surface area contributed by atoms with Gasteiger partial charge in [0.1, 0.15) is 6.10 Å². The SMILES string of the molecule is CCCCCCCCCCCCCCCCCCCCCCCCCCCCCC(=O)OC(O)C(O)CO. The molecular weight excluding hydrogens is 476 g/mol. The maximum Gasteiger partial charge on any atom is 0.308 e. The first kappa shape index (κ1) is 37.4. The van der Waals surface area contributed by atoms with E-state index < -0.39 is 25.0 Å². The highest BCUT2D eigenvalue weighted by Gasteiger charge is 2.19. The van der Waals surface area contributed by atoms with Gasteiger partial charge >= 0.3 is 5.97 Å². The van der Waals surface area contributed by atoms with Gasteiger partial charge in [-0.2, -0.15) is 0 Å². The largest absolute Gasteiger partial charge is 0.433 e. The number of rotatable bonds is 31. The monoisotopic (exact) mass is 542 g/mol. The number of aliphatic hydroxyl groups is 3. The van der Waals surface area contributed by atoms with E-state index in [2.05, 4.69) is 11.7 Å². The van der Waals surface area contributed by atoms with E-state index in [9.17, 15) is 15.0 Å². The van der Waals surface area contributed by atoms with E-state index in [0.717, 1.165) is 19.3 Å². The van der Waals surface area contributed by atoms with Crippen molar-refractivity contribution < 1.29 is 24.9 Å². The van der Waals surface area contributed by atoms with Crippen molar-refractivity contribution in [2.45, 2.75) is 199 Å². The molecule has 0 bridgehead atoms. The molecule has 0 spiro atoms. The molecule has 0 rings (SSSR count). The van der Waals surface area contributed by atoms with Crippen LogP contribution in [0.3, 0.4) is 0 Å². The van der Waals surface area contributed by atoms with Gasteiger partial charge in [-0.05, 0) is 6.42 Å². The molecular formula is C33H66O5. The van der Waals surface area contributed by atoms with Crippen molar-refractivity contribution in [1.29, 1.82) is 0 Å². The molecule has 5 heteroatoms. The van der Waals surface area contributed by atoms with Gasteiger partial charge in [-0.25, -0.2) is 0 Å². The molecule has 2 atom stereocenters. The van der Waals surface area contributed by atoms with Crippen LogP contribution in [0.2, 0.25) is 0 Å². The van der Waals surface area contributed by atoms with Crippen molar-refractivity contribution in [1.82, 2.24) is 0 Å². The number of hydrogen-bond acceptors (Lipinski definition) is 5. The number of unbranched alkanes of at least 4 members (excludes halogenated alkanes) is 26. The lowest BCUT2D eigenvalue weighted by atomic mass is 10.0. The molecule has 228 valence electrons. The zero-order valence-corrected chi connectivity index (χ0v) is 25.3. The second-order valence-electron chi connectivity index (χ2n) is 11.6. The third kappa shape index (κ3) is 28.4. The summed E-state index contributed by atoms with van der Waals surface area (Å²) in [5, 5.41) is 27.2.